The number of rotatable bonds is 10. The largest absolute Gasteiger partial charge is 0.466 e. The van der Waals surface area contributed by atoms with Gasteiger partial charge in [-0.2, -0.15) is 23.1 Å². The molecule has 2 N–H and O–H groups in total. The van der Waals surface area contributed by atoms with Crippen LogP contribution in [0.15, 0.2) is 36.8 Å². The van der Waals surface area contributed by atoms with Gasteiger partial charge in [-0.05, 0) is 63.4 Å². The fourth-order valence-corrected chi connectivity index (χ4v) is 7.73. The lowest BCUT2D eigenvalue weighted by Gasteiger charge is -2.42. The number of hydrogen-bond acceptors (Lipinski definition) is 11. The molecular weight excluding hydrogens is 676 g/mol. The molecule has 0 aliphatic carbocycles. The van der Waals surface area contributed by atoms with Gasteiger partial charge in [0.15, 0.2) is 12.4 Å². The standard InChI is InChI=1S/C33H41ClF3N10OP/c1-5-21-18-26(31(48-20-33(35,36)37)44-30(21)47-12-8-22(9-13-47)46-16-14-45(2)15-17-46)42-32-40-19-23(34)29(43-32)41-25-7-6-24-27(28(25)49(3)4)39-11-10-38-24/h6-7,10-11,18-19,22H,5,8-9,12-17,20H2,1-4H3,(H2,40,41,42,43). The van der Waals surface area contributed by atoms with Crippen molar-refractivity contribution in [2.75, 3.05) is 81.8 Å². The predicted octanol–water partition coefficient (Wildman–Crippen LogP) is 6.04. The first kappa shape index (κ1) is 35.3. The third-order valence-corrected chi connectivity index (χ3v) is 10.5. The molecule has 3 aromatic heterocycles. The van der Waals surface area contributed by atoms with Crippen LogP contribution in [0, 0.1) is 0 Å². The topological polar surface area (TPSA) is 107 Å². The average molecular weight is 717 g/mol. The van der Waals surface area contributed by atoms with Gasteiger partial charge in [-0.3, -0.25) is 14.9 Å². The monoisotopic (exact) mass is 716 g/mol. The Morgan fingerprint density at radius 3 is 2.39 bits per heavy atom. The summed E-state index contributed by atoms with van der Waals surface area (Å²) in [6.07, 6.45) is 2.75. The van der Waals surface area contributed by atoms with Crippen LogP contribution >= 0.6 is 19.5 Å². The molecule has 2 saturated heterocycles. The number of fused-ring (bicyclic) bond motifs is 1. The molecule has 0 saturated carbocycles. The first-order chi connectivity index (χ1) is 23.5. The Bertz CT molecular complexity index is 1770. The number of halogens is 4. The van der Waals surface area contributed by atoms with Crippen molar-refractivity contribution in [1.82, 2.24) is 34.7 Å². The van der Waals surface area contributed by atoms with Gasteiger partial charge in [-0.1, -0.05) is 26.4 Å². The Balaban J connectivity index is 1.26. The van der Waals surface area contributed by atoms with Gasteiger partial charge in [0, 0.05) is 68.7 Å². The molecule has 49 heavy (non-hydrogen) atoms. The fraction of sp³-hybridized carbons (Fsp3) is 0.485. The number of piperazine rings is 1. The maximum Gasteiger partial charge on any atom is 0.422 e. The average Bonchev–Trinajstić information content (AvgIpc) is 3.08. The zero-order chi connectivity index (χ0) is 34.7. The molecule has 11 nitrogen and oxygen atoms in total. The molecule has 262 valence electrons. The minimum absolute atomic E-state index is 0.116. The van der Waals surface area contributed by atoms with Gasteiger partial charge in [0.25, 0.3) is 0 Å². The summed E-state index contributed by atoms with van der Waals surface area (Å²) in [5.41, 5.74) is 3.47. The van der Waals surface area contributed by atoms with E-state index in [1.54, 1.807) is 18.5 Å². The van der Waals surface area contributed by atoms with Crippen LogP contribution < -0.4 is 25.6 Å². The highest BCUT2D eigenvalue weighted by Crippen LogP contribution is 2.37. The molecule has 0 atom stereocenters. The minimum atomic E-state index is -4.54. The van der Waals surface area contributed by atoms with Crippen molar-refractivity contribution in [2.45, 2.75) is 38.4 Å². The van der Waals surface area contributed by atoms with E-state index in [0.717, 1.165) is 79.7 Å². The summed E-state index contributed by atoms with van der Waals surface area (Å²) in [7, 11) is 1.55. The maximum absolute atomic E-state index is 13.4. The molecule has 16 heteroatoms. The predicted molar refractivity (Wildman–Crippen MR) is 191 cm³/mol. The van der Waals surface area contributed by atoms with Crippen LogP contribution in [-0.2, 0) is 6.42 Å². The smallest absolute Gasteiger partial charge is 0.422 e. The van der Waals surface area contributed by atoms with Crippen LogP contribution in [0.3, 0.4) is 0 Å². The highest BCUT2D eigenvalue weighted by Gasteiger charge is 2.31. The highest BCUT2D eigenvalue weighted by atomic mass is 35.5. The zero-order valence-corrected chi connectivity index (χ0v) is 29.7. The molecule has 1 aromatic carbocycles. The number of likely N-dealkylation sites (N-methyl/N-ethyl adjacent to an activating group) is 1. The summed E-state index contributed by atoms with van der Waals surface area (Å²) < 4.78 is 45.5. The molecule has 0 unspecified atom stereocenters. The van der Waals surface area contributed by atoms with E-state index in [4.69, 9.17) is 21.3 Å². The molecule has 2 aliphatic rings. The lowest BCUT2D eigenvalue weighted by Crippen LogP contribution is -2.52. The van der Waals surface area contributed by atoms with E-state index < -0.39 is 20.7 Å². The van der Waals surface area contributed by atoms with Gasteiger partial charge >= 0.3 is 6.18 Å². The molecule has 0 spiro atoms. The number of pyridine rings is 1. The Morgan fingerprint density at radius 2 is 1.69 bits per heavy atom. The molecule has 5 heterocycles. The van der Waals surface area contributed by atoms with Crippen LogP contribution in [0.4, 0.5) is 42.1 Å². The Morgan fingerprint density at radius 1 is 0.959 bits per heavy atom. The summed E-state index contributed by atoms with van der Waals surface area (Å²) in [5, 5.41) is 7.66. The minimum Gasteiger partial charge on any atom is -0.466 e. The molecule has 4 aromatic rings. The van der Waals surface area contributed by atoms with Crippen LogP contribution in [0.2, 0.25) is 5.02 Å². The number of anilines is 5. The second kappa shape index (κ2) is 15.1. The van der Waals surface area contributed by atoms with Gasteiger partial charge in [-0.25, -0.2) is 4.98 Å². The quantitative estimate of drug-likeness (QED) is 0.188. The van der Waals surface area contributed by atoms with Gasteiger partial charge in [-0.15, -0.1) is 0 Å². The number of piperidine rings is 1. The number of nitrogens with zero attached hydrogens (tertiary/aromatic N) is 8. The van der Waals surface area contributed by atoms with E-state index in [2.05, 4.69) is 65.6 Å². The van der Waals surface area contributed by atoms with Crippen molar-refractivity contribution < 1.29 is 17.9 Å². The number of aryl methyl sites for hydroxylation is 1. The maximum atomic E-state index is 13.4. The summed E-state index contributed by atoms with van der Waals surface area (Å²) in [6.45, 7) is 10.5. The van der Waals surface area contributed by atoms with Crippen molar-refractivity contribution >= 4 is 64.8 Å². The second-order valence-electron chi connectivity index (χ2n) is 12.6. The SMILES string of the molecule is CCc1cc(Nc2ncc(Cl)c(Nc3ccc4nccnc4c3P(C)C)n2)c(OCC(F)(F)F)nc1N1CCC(N2CCN(C)CC2)CC1. The number of aromatic nitrogens is 5. The Labute approximate surface area is 290 Å². The van der Waals surface area contributed by atoms with E-state index in [1.807, 2.05) is 19.1 Å². The lowest BCUT2D eigenvalue weighted by atomic mass is 10.0. The van der Waals surface area contributed by atoms with Crippen LogP contribution in [0.1, 0.15) is 25.3 Å². The number of alkyl halides is 3. The third-order valence-electron chi connectivity index (χ3n) is 8.92. The Kier molecular flexibility index (Phi) is 10.9. The fourth-order valence-electron chi connectivity index (χ4n) is 6.38. The Hall–Kier alpha value is -3.58. The van der Waals surface area contributed by atoms with Crippen molar-refractivity contribution in [3.63, 3.8) is 0 Å². The van der Waals surface area contributed by atoms with Crippen molar-refractivity contribution in [1.29, 1.82) is 0 Å². The van der Waals surface area contributed by atoms with Crippen molar-refractivity contribution in [2.24, 2.45) is 0 Å². The normalized spacial score (nSPS) is 16.8. The molecule has 2 aliphatic heterocycles. The van der Waals surface area contributed by atoms with Gasteiger partial charge in [0.05, 0.1) is 17.2 Å². The molecular formula is C33H41ClF3N10OP. The number of ether oxygens (including phenoxy) is 1. The van der Waals surface area contributed by atoms with E-state index in [0.29, 0.717) is 24.1 Å². The number of benzene rings is 1. The second-order valence-corrected chi connectivity index (χ2v) is 15.2. The van der Waals surface area contributed by atoms with Gasteiger partial charge < -0.3 is 25.2 Å². The summed E-state index contributed by atoms with van der Waals surface area (Å²) in [6, 6.07) is 6.06. The third kappa shape index (κ3) is 8.42. The van der Waals surface area contributed by atoms with Gasteiger partial charge in [0.2, 0.25) is 11.8 Å². The van der Waals surface area contributed by atoms with E-state index in [9.17, 15) is 13.2 Å². The molecule has 6 rings (SSSR count). The van der Waals surface area contributed by atoms with Crippen molar-refractivity contribution in [3.8, 4) is 5.88 Å². The van der Waals surface area contributed by atoms with Crippen LogP contribution in [0.5, 0.6) is 5.88 Å². The van der Waals surface area contributed by atoms with E-state index in [1.165, 1.54) is 6.20 Å². The molecule has 0 bridgehead atoms. The number of nitrogens with one attached hydrogen (secondary N) is 2. The van der Waals surface area contributed by atoms with Crippen LogP contribution in [0.25, 0.3) is 11.0 Å². The van der Waals surface area contributed by atoms with Crippen LogP contribution in [-0.4, -0.2) is 113 Å². The summed E-state index contributed by atoms with van der Waals surface area (Å²) in [5.74, 6) is 0.910. The summed E-state index contributed by atoms with van der Waals surface area (Å²) in [4.78, 5) is 29.7. The van der Waals surface area contributed by atoms with E-state index in [-0.39, 0.29) is 22.5 Å². The first-order valence-electron chi connectivity index (χ1n) is 16.4. The molecule has 0 amide bonds. The molecule has 2 fully saturated rings. The first-order valence-corrected chi connectivity index (χ1v) is 19.0. The van der Waals surface area contributed by atoms with Crippen molar-refractivity contribution in [3.05, 3.63) is 47.4 Å². The zero-order valence-electron chi connectivity index (χ0n) is 28.1. The number of hydrogen-bond donors (Lipinski definition) is 2. The highest BCUT2D eigenvalue weighted by molar-refractivity contribution is 7.65. The van der Waals surface area contributed by atoms with Gasteiger partial charge in [0.1, 0.15) is 16.5 Å². The van der Waals surface area contributed by atoms with E-state index >= 15 is 0 Å². The summed E-state index contributed by atoms with van der Waals surface area (Å²) >= 11 is 6.54. The molecule has 0 radical (unpaired) electrons. The lowest BCUT2D eigenvalue weighted by molar-refractivity contribution is -0.153.